The normalized spacial score (nSPS) is 15.2. The van der Waals surface area contributed by atoms with E-state index in [1.807, 2.05) is 25.7 Å². The molecule has 0 bridgehead atoms. The molecule has 1 aliphatic heterocycles. The van der Waals surface area contributed by atoms with Gasteiger partial charge in [0, 0.05) is 38.4 Å². The van der Waals surface area contributed by atoms with Gasteiger partial charge in [0.2, 0.25) is 5.91 Å². The predicted molar refractivity (Wildman–Crippen MR) is 166 cm³/mol. The number of fused-ring (bicyclic) bond motifs is 1. The highest BCUT2D eigenvalue weighted by atomic mass is 32.1. The highest BCUT2D eigenvalue weighted by molar-refractivity contribution is 7.12. The molecular weight excluding hydrogens is 572 g/mol. The monoisotopic (exact) mass is 603 g/mol. The number of carbonyl (C=O) groups excluding carboxylic acids is 1. The second-order valence-electron chi connectivity index (χ2n) is 10.7. The van der Waals surface area contributed by atoms with Crippen molar-refractivity contribution in [2.75, 3.05) is 43.0 Å². The van der Waals surface area contributed by atoms with Gasteiger partial charge in [-0.3, -0.25) is 4.79 Å². The molecule has 1 aromatic carbocycles. The zero-order valence-electron chi connectivity index (χ0n) is 24.3. The first-order valence-corrected chi connectivity index (χ1v) is 14.6. The van der Waals surface area contributed by atoms with Crippen LogP contribution in [0.2, 0.25) is 0 Å². The van der Waals surface area contributed by atoms with E-state index < -0.39 is 17.3 Å². The van der Waals surface area contributed by atoms with E-state index in [4.69, 9.17) is 6.42 Å². The number of piperazine rings is 1. The molecular formula is C31H31F2N7O2S. The maximum absolute atomic E-state index is 16.2. The zero-order valence-corrected chi connectivity index (χ0v) is 25.2. The van der Waals surface area contributed by atoms with Gasteiger partial charge in [0.1, 0.15) is 22.3 Å². The fourth-order valence-corrected chi connectivity index (χ4v) is 6.33. The third-order valence-corrected chi connectivity index (χ3v) is 8.31. The number of pyridine rings is 1. The average molecular weight is 604 g/mol. The Labute approximate surface area is 252 Å². The van der Waals surface area contributed by atoms with Crippen LogP contribution in [0.1, 0.15) is 32.4 Å². The van der Waals surface area contributed by atoms with Crippen LogP contribution in [0, 0.1) is 24.0 Å². The van der Waals surface area contributed by atoms with E-state index in [0.717, 1.165) is 0 Å². The van der Waals surface area contributed by atoms with Crippen molar-refractivity contribution in [1.29, 1.82) is 0 Å². The van der Waals surface area contributed by atoms with Gasteiger partial charge < -0.3 is 14.7 Å². The van der Waals surface area contributed by atoms with Crippen molar-refractivity contribution in [2.45, 2.75) is 32.7 Å². The lowest BCUT2D eigenvalue weighted by Gasteiger charge is -2.40. The first kappa shape index (κ1) is 29.8. The largest absolute Gasteiger partial charge is 0.363 e. The minimum atomic E-state index is -0.789. The number of amides is 1. The quantitative estimate of drug-likeness (QED) is 0.226. The van der Waals surface area contributed by atoms with Crippen LogP contribution < -0.4 is 15.5 Å². The molecule has 0 spiro atoms. The number of nitrogens with zero attached hydrogens (tertiary/aromatic N) is 7. The number of rotatable bonds is 7. The Hall–Kier alpha value is -4.63. The molecule has 9 nitrogen and oxygen atoms in total. The van der Waals surface area contributed by atoms with Crippen molar-refractivity contribution in [3.8, 4) is 28.6 Å². The maximum Gasteiger partial charge on any atom is 0.356 e. The Morgan fingerprint density at radius 1 is 1.28 bits per heavy atom. The summed E-state index contributed by atoms with van der Waals surface area (Å²) in [6.45, 7) is 10.6. The Morgan fingerprint density at radius 3 is 2.72 bits per heavy atom. The van der Waals surface area contributed by atoms with E-state index in [-0.39, 0.29) is 52.5 Å². The highest BCUT2D eigenvalue weighted by Crippen LogP contribution is 2.37. The molecule has 222 valence electrons. The summed E-state index contributed by atoms with van der Waals surface area (Å²) >= 11 is 1.24. The van der Waals surface area contributed by atoms with E-state index in [9.17, 15) is 9.59 Å². The van der Waals surface area contributed by atoms with Gasteiger partial charge >= 0.3 is 5.69 Å². The smallest absolute Gasteiger partial charge is 0.356 e. The molecule has 1 fully saturated rings. The van der Waals surface area contributed by atoms with Crippen molar-refractivity contribution in [3.05, 3.63) is 70.2 Å². The van der Waals surface area contributed by atoms with Crippen LogP contribution in [-0.2, 0) is 4.79 Å². The van der Waals surface area contributed by atoms with Gasteiger partial charge in [0.15, 0.2) is 11.5 Å². The molecule has 43 heavy (non-hydrogen) atoms. The lowest BCUT2D eigenvalue weighted by molar-refractivity contribution is -0.126. The summed E-state index contributed by atoms with van der Waals surface area (Å²) in [5, 5.41) is 0.774. The number of benzene rings is 1. The molecule has 0 radical (unpaired) electrons. The van der Waals surface area contributed by atoms with Crippen LogP contribution in [-0.4, -0.2) is 69.6 Å². The SMILES string of the molecule is C#CCN(C)c1cccc(F)c1-c1nc2c(cc1F)c(N1CCN(C(=O)C=C)C[C@@H]1C)nc(=O)n2-c1scnc1C(C)C. The van der Waals surface area contributed by atoms with Gasteiger partial charge in [-0.15, -0.1) is 17.8 Å². The van der Waals surface area contributed by atoms with Crippen molar-refractivity contribution in [2.24, 2.45) is 0 Å². The second-order valence-corrected chi connectivity index (χ2v) is 11.5. The van der Waals surface area contributed by atoms with Gasteiger partial charge in [-0.05, 0) is 37.1 Å². The van der Waals surface area contributed by atoms with Gasteiger partial charge in [-0.25, -0.2) is 28.1 Å². The third kappa shape index (κ3) is 5.36. The fraction of sp³-hybridized carbons (Fsp3) is 0.323. The lowest BCUT2D eigenvalue weighted by atomic mass is 10.1. The van der Waals surface area contributed by atoms with Gasteiger partial charge in [-0.2, -0.15) is 4.98 Å². The van der Waals surface area contributed by atoms with E-state index in [0.29, 0.717) is 36.0 Å². The summed E-state index contributed by atoms with van der Waals surface area (Å²) < 4.78 is 33.0. The molecule has 0 saturated carbocycles. The van der Waals surface area contributed by atoms with E-state index in [2.05, 4.69) is 27.5 Å². The molecule has 1 aliphatic rings. The summed E-state index contributed by atoms with van der Waals surface area (Å²) in [6, 6.07) is 5.37. The number of hydrogen-bond donors (Lipinski definition) is 0. The third-order valence-electron chi connectivity index (χ3n) is 7.48. The summed E-state index contributed by atoms with van der Waals surface area (Å²) in [5.74, 6) is 1.05. The first-order valence-electron chi connectivity index (χ1n) is 13.8. The van der Waals surface area contributed by atoms with E-state index >= 15 is 8.78 Å². The summed E-state index contributed by atoms with van der Waals surface area (Å²) in [6.07, 6.45) is 6.76. The summed E-state index contributed by atoms with van der Waals surface area (Å²) in [4.78, 5) is 44.8. The van der Waals surface area contributed by atoms with E-state index in [1.165, 1.54) is 40.2 Å². The van der Waals surface area contributed by atoms with Crippen molar-refractivity contribution in [3.63, 3.8) is 0 Å². The van der Waals surface area contributed by atoms with Crippen LogP contribution in [0.3, 0.4) is 0 Å². The van der Waals surface area contributed by atoms with Crippen molar-refractivity contribution in [1.82, 2.24) is 24.4 Å². The number of thiazole rings is 1. The lowest BCUT2D eigenvalue weighted by Crippen LogP contribution is -2.54. The van der Waals surface area contributed by atoms with Crippen LogP contribution in [0.15, 0.2) is 47.2 Å². The maximum atomic E-state index is 16.2. The van der Waals surface area contributed by atoms with Crippen molar-refractivity contribution < 1.29 is 13.6 Å². The van der Waals surface area contributed by atoms with Crippen LogP contribution in [0.4, 0.5) is 20.3 Å². The summed E-state index contributed by atoms with van der Waals surface area (Å²) in [7, 11) is 1.68. The van der Waals surface area contributed by atoms with Gasteiger partial charge in [-0.1, -0.05) is 32.4 Å². The number of terminal acetylenes is 1. The number of hydrogen-bond acceptors (Lipinski definition) is 8. The molecule has 1 amide bonds. The van der Waals surface area contributed by atoms with Crippen LogP contribution in [0.25, 0.3) is 27.3 Å². The molecule has 4 heterocycles. The minimum Gasteiger partial charge on any atom is -0.363 e. The molecule has 12 heteroatoms. The molecule has 0 N–H and O–H groups in total. The molecule has 1 saturated heterocycles. The summed E-state index contributed by atoms with van der Waals surface area (Å²) in [5.41, 5.74) is 1.78. The predicted octanol–water partition coefficient (Wildman–Crippen LogP) is 4.60. The van der Waals surface area contributed by atoms with Crippen LogP contribution >= 0.6 is 11.3 Å². The Balaban J connectivity index is 1.80. The van der Waals surface area contributed by atoms with Gasteiger partial charge in [0.05, 0.1) is 28.7 Å². The van der Waals surface area contributed by atoms with Crippen molar-refractivity contribution >= 4 is 39.8 Å². The first-order chi connectivity index (χ1) is 20.6. The molecule has 5 rings (SSSR count). The standard InChI is InChI=1S/C31H31F2N7O2S/c1-7-12-37(6)23-11-9-10-21(32)25(23)27-22(33)15-20-28(39-14-13-38(16-19(39)5)24(41)8-2)36-31(42)40(29(20)35-27)30-26(18(3)4)34-17-43-30/h1,8-11,15,17-19H,2,12-14,16H2,3-6H3/t19-/m0/s1. The molecule has 0 aliphatic carbocycles. The fourth-order valence-electron chi connectivity index (χ4n) is 5.38. The average Bonchev–Trinajstić information content (AvgIpc) is 3.46. The van der Waals surface area contributed by atoms with E-state index in [1.54, 1.807) is 28.4 Å². The number of carbonyl (C=O) groups is 1. The number of halogens is 2. The minimum absolute atomic E-state index is 0.0334. The molecule has 1 atom stereocenters. The number of anilines is 2. The Bertz CT molecular complexity index is 1830. The number of aromatic nitrogens is 4. The zero-order chi connectivity index (χ0) is 31.0. The van der Waals surface area contributed by atoms with Gasteiger partial charge in [0.25, 0.3) is 0 Å². The Kier molecular flexibility index (Phi) is 8.28. The second kappa shape index (κ2) is 11.9. The molecule has 4 aromatic rings. The topological polar surface area (TPSA) is 87.5 Å². The molecule has 3 aromatic heterocycles. The van der Waals surface area contributed by atoms with Crippen LogP contribution in [0.5, 0.6) is 0 Å². The highest BCUT2D eigenvalue weighted by Gasteiger charge is 2.31. The molecule has 0 unspecified atom stereocenters. The Morgan fingerprint density at radius 2 is 2.05 bits per heavy atom.